The van der Waals surface area contributed by atoms with Crippen LogP contribution in [0.25, 0.3) is 0 Å². The first-order valence-electron chi connectivity index (χ1n) is 4.47. The molecule has 16 heavy (non-hydrogen) atoms. The van der Waals surface area contributed by atoms with Gasteiger partial charge in [0.05, 0.1) is 4.92 Å². The molecule has 0 aliphatic carbocycles. The summed E-state index contributed by atoms with van der Waals surface area (Å²) in [7, 11) is 0. The number of hydrogen-bond acceptors (Lipinski definition) is 4. The van der Waals surface area contributed by atoms with Crippen LogP contribution in [0.2, 0.25) is 0 Å². The minimum absolute atomic E-state index is 0.0375. The molecule has 0 spiro atoms. The van der Waals surface area contributed by atoms with Crippen LogP contribution in [0, 0.1) is 10.1 Å². The number of non-ortho nitro benzene ring substituents is 1. The van der Waals surface area contributed by atoms with E-state index in [4.69, 9.17) is 16.3 Å². The molecule has 1 aliphatic rings. The normalized spacial score (nSPS) is 17.1. The first-order chi connectivity index (χ1) is 7.70. The lowest BCUT2D eigenvalue weighted by Crippen LogP contribution is -2.00. The van der Waals surface area contributed by atoms with E-state index < -0.39 is 4.92 Å². The number of nitro benzene ring substituents is 1. The Morgan fingerprint density at radius 1 is 1.44 bits per heavy atom. The van der Waals surface area contributed by atoms with Gasteiger partial charge in [-0.25, -0.2) is 4.99 Å². The van der Waals surface area contributed by atoms with Crippen LogP contribution in [0.15, 0.2) is 40.6 Å². The second-order valence-corrected chi connectivity index (χ2v) is 3.32. The van der Waals surface area contributed by atoms with Crippen molar-refractivity contribution in [2.75, 3.05) is 6.54 Å². The molecule has 0 fully saturated rings. The molecular weight excluding hydrogens is 232 g/mol. The van der Waals surface area contributed by atoms with Gasteiger partial charge in [-0.2, -0.15) is 0 Å². The third-order valence-corrected chi connectivity index (χ3v) is 2.30. The molecule has 0 saturated heterocycles. The average molecular weight is 239 g/mol. The number of hydrogen-bond donors (Lipinski definition) is 0. The lowest BCUT2D eigenvalue weighted by Gasteiger charge is -2.01. The summed E-state index contributed by atoms with van der Waals surface area (Å²) in [6.07, 6.45) is 0. The lowest BCUT2D eigenvalue weighted by molar-refractivity contribution is -0.384. The first kappa shape index (κ1) is 10.6. The molecule has 0 saturated carbocycles. The van der Waals surface area contributed by atoms with Crippen molar-refractivity contribution in [1.82, 2.24) is 0 Å². The first-order valence-corrected chi connectivity index (χ1v) is 4.91. The molecule has 1 heterocycles. The van der Waals surface area contributed by atoms with Gasteiger partial charge in [-0.1, -0.05) is 11.6 Å². The fraction of sp³-hybridized carbons (Fsp3) is 0.100. The van der Waals surface area contributed by atoms with E-state index in [1.165, 1.54) is 17.7 Å². The maximum Gasteiger partial charge on any atom is 0.269 e. The van der Waals surface area contributed by atoms with Gasteiger partial charge >= 0.3 is 0 Å². The molecule has 5 nitrogen and oxygen atoms in total. The Morgan fingerprint density at radius 3 is 2.62 bits per heavy atom. The van der Waals surface area contributed by atoms with Crippen LogP contribution in [0.5, 0.6) is 0 Å². The molecule has 1 aromatic rings. The number of nitrogens with zero attached hydrogens (tertiary/aromatic N) is 2. The van der Waals surface area contributed by atoms with Crippen molar-refractivity contribution in [3.05, 3.63) is 51.2 Å². The summed E-state index contributed by atoms with van der Waals surface area (Å²) in [6.45, 7) is 0.399. The van der Waals surface area contributed by atoms with Crippen molar-refractivity contribution >= 4 is 23.2 Å². The van der Waals surface area contributed by atoms with Gasteiger partial charge in [0.2, 0.25) is 5.90 Å². The maximum atomic E-state index is 10.4. The fourth-order valence-electron chi connectivity index (χ4n) is 1.27. The van der Waals surface area contributed by atoms with E-state index in [1.54, 1.807) is 12.1 Å². The predicted molar refractivity (Wildman–Crippen MR) is 59.5 cm³/mol. The number of rotatable bonds is 2. The highest BCUT2D eigenvalue weighted by atomic mass is 35.5. The highest BCUT2D eigenvalue weighted by Crippen LogP contribution is 2.18. The second kappa shape index (κ2) is 4.32. The van der Waals surface area contributed by atoms with E-state index in [0.29, 0.717) is 23.8 Å². The van der Waals surface area contributed by atoms with Gasteiger partial charge in [0.1, 0.15) is 12.3 Å². The summed E-state index contributed by atoms with van der Waals surface area (Å²) in [5.74, 6) is 0.997. The summed E-state index contributed by atoms with van der Waals surface area (Å²) in [6, 6.07) is 6.00. The van der Waals surface area contributed by atoms with Crippen LogP contribution in [-0.2, 0) is 4.74 Å². The number of aliphatic imine (C=N–C) groups is 1. The fourth-order valence-corrected chi connectivity index (χ4v) is 1.38. The summed E-state index contributed by atoms with van der Waals surface area (Å²) >= 11 is 5.48. The standard InChI is InChI=1S/C10H7ClN2O3/c11-5-9-6-12-10(16-9)7-1-3-8(4-2-7)13(14)15/h1-5H,6H2/b9-5+. The molecule has 0 aromatic heterocycles. The highest BCUT2D eigenvalue weighted by Gasteiger charge is 2.15. The zero-order chi connectivity index (χ0) is 11.5. The number of ether oxygens (including phenoxy) is 1. The van der Waals surface area contributed by atoms with E-state index in [-0.39, 0.29) is 5.69 Å². The Hall–Kier alpha value is -1.88. The maximum absolute atomic E-state index is 10.4. The Morgan fingerprint density at radius 2 is 2.12 bits per heavy atom. The minimum atomic E-state index is -0.453. The van der Waals surface area contributed by atoms with Crippen molar-refractivity contribution in [1.29, 1.82) is 0 Å². The van der Waals surface area contributed by atoms with E-state index in [9.17, 15) is 10.1 Å². The van der Waals surface area contributed by atoms with Gasteiger partial charge in [-0.3, -0.25) is 10.1 Å². The van der Waals surface area contributed by atoms with Crippen LogP contribution in [0.3, 0.4) is 0 Å². The van der Waals surface area contributed by atoms with Crippen LogP contribution >= 0.6 is 11.6 Å². The predicted octanol–water partition coefficient (Wildman–Crippen LogP) is 2.45. The van der Waals surface area contributed by atoms with Crippen LogP contribution in [0.4, 0.5) is 5.69 Å². The van der Waals surface area contributed by atoms with E-state index in [0.717, 1.165) is 0 Å². The average Bonchev–Trinajstić information content (AvgIpc) is 2.77. The number of halogens is 1. The van der Waals surface area contributed by atoms with Gasteiger partial charge in [-0.15, -0.1) is 0 Å². The second-order valence-electron chi connectivity index (χ2n) is 3.10. The Kier molecular flexibility index (Phi) is 2.87. The molecule has 0 N–H and O–H groups in total. The molecule has 0 radical (unpaired) electrons. The Labute approximate surface area is 96.2 Å². The topological polar surface area (TPSA) is 64.7 Å². The van der Waals surface area contributed by atoms with E-state index >= 15 is 0 Å². The quantitative estimate of drug-likeness (QED) is 0.587. The number of nitro groups is 1. The lowest BCUT2D eigenvalue weighted by atomic mass is 10.2. The molecular formula is C10H7ClN2O3. The van der Waals surface area contributed by atoms with Gasteiger partial charge < -0.3 is 4.74 Å². The molecule has 0 atom stereocenters. The third kappa shape index (κ3) is 2.04. The molecule has 0 bridgehead atoms. The molecule has 0 amide bonds. The van der Waals surface area contributed by atoms with Crippen molar-refractivity contribution in [2.24, 2.45) is 4.99 Å². The SMILES string of the molecule is O=[N+]([O-])c1ccc(C2=NC/C(=C\Cl)O2)cc1. The number of benzene rings is 1. The molecule has 82 valence electrons. The van der Waals surface area contributed by atoms with Crippen molar-refractivity contribution < 1.29 is 9.66 Å². The summed E-state index contributed by atoms with van der Waals surface area (Å²) < 4.78 is 5.31. The van der Waals surface area contributed by atoms with Crippen molar-refractivity contribution in [2.45, 2.75) is 0 Å². The molecule has 1 aromatic carbocycles. The monoisotopic (exact) mass is 238 g/mol. The summed E-state index contributed by atoms with van der Waals surface area (Å²) in [5, 5.41) is 10.4. The molecule has 0 unspecified atom stereocenters. The summed E-state index contributed by atoms with van der Waals surface area (Å²) in [4.78, 5) is 14.1. The van der Waals surface area contributed by atoms with E-state index in [1.807, 2.05) is 0 Å². The van der Waals surface area contributed by atoms with Crippen molar-refractivity contribution in [3.8, 4) is 0 Å². The van der Waals surface area contributed by atoms with Crippen LogP contribution < -0.4 is 0 Å². The van der Waals surface area contributed by atoms with Crippen molar-refractivity contribution in [3.63, 3.8) is 0 Å². The highest BCUT2D eigenvalue weighted by molar-refractivity contribution is 6.25. The minimum Gasteiger partial charge on any atom is -0.440 e. The van der Waals surface area contributed by atoms with Crippen LogP contribution in [-0.4, -0.2) is 17.4 Å². The third-order valence-electron chi connectivity index (χ3n) is 2.05. The molecule has 6 heteroatoms. The largest absolute Gasteiger partial charge is 0.440 e. The Balaban J connectivity index is 2.20. The van der Waals surface area contributed by atoms with Gasteiger partial charge in [0.25, 0.3) is 5.69 Å². The van der Waals surface area contributed by atoms with Gasteiger partial charge in [-0.05, 0) is 12.1 Å². The van der Waals surface area contributed by atoms with Crippen LogP contribution in [0.1, 0.15) is 5.56 Å². The zero-order valence-electron chi connectivity index (χ0n) is 8.09. The van der Waals surface area contributed by atoms with Gasteiger partial charge in [0.15, 0.2) is 0 Å². The zero-order valence-corrected chi connectivity index (χ0v) is 8.85. The molecule has 1 aliphatic heterocycles. The van der Waals surface area contributed by atoms with E-state index in [2.05, 4.69) is 4.99 Å². The Bertz CT molecular complexity index is 479. The smallest absolute Gasteiger partial charge is 0.269 e. The van der Waals surface area contributed by atoms with Gasteiger partial charge in [0, 0.05) is 23.2 Å². The molecule has 2 rings (SSSR count). The summed E-state index contributed by atoms with van der Waals surface area (Å²) in [5.41, 5.74) is 2.05.